The van der Waals surface area contributed by atoms with Crippen LogP contribution in [-0.4, -0.2) is 12.6 Å². The van der Waals surface area contributed by atoms with Crippen molar-refractivity contribution in [3.8, 4) is 0 Å². The molecule has 88 valence electrons. The van der Waals surface area contributed by atoms with Crippen molar-refractivity contribution in [2.75, 3.05) is 6.54 Å². The standard InChI is InChI=1S/C15H23N/c1-5-6-12-16-13(2)15(3,4)14-10-8-7-9-11-14/h5,7-11,13,16H,1,6,12H2,2-4H3/t13-/m0/s1. The van der Waals surface area contributed by atoms with Gasteiger partial charge in [0.2, 0.25) is 0 Å². The van der Waals surface area contributed by atoms with Gasteiger partial charge in [0, 0.05) is 11.5 Å². The molecule has 1 atom stereocenters. The van der Waals surface area contributed by atoms with Crippen molar-refractivity contribution in [1.82, 2.24) is 5.32 Å². The Balaban J connectivity index is 2.65. The van der Waals surface area contributed by atoms with Crippen LogP contribution in [0.3, 0.4) is 0 Å². The van der Waals surface area contributed by atoms with Crippen molar-refractivity contribution in [2.45, 2.75) is 38.6 Å². The van der Waals surface area contributed by atoms with Crippen LogP contribution in [-0.2, 0) is 5.41 Å². The first-order chi connectivity index (χ1) is 7.59. The van der Waals surface area contributed by atoms with Crippen LogP contribution in [0, 0.1) is 0 Å². The molecule has 0 saturated carbocycles. The number of benzene rings is 1. The van der Waals surface area contributed by atoms with E-state index in [1.165, 1.54) is 5.56 Å². The van der Waals surface area contributed by atoms with Gasteiger partial charge in [-0.05, 0) is 25.5 Å². The minimum atomic E-state index is 0.155. The fourth-order valence-electron chi connectivity index (χ4n) is 1.77. The highest BCUT2D eigenvalue weighted by Crippen LogP contribution is 2.26. The van der Waals surface area contributed by atoms with Gasteiger partial charge in [0.05, 0.1) is 0 Å². The Labute approximate surface area is 99.6 Å². The summed E-state index contributed by atoms with van der Waals surface area (Å²) in [5, 5.41) is 3.55. The van der Waals surface area contributed by atoms with Gasteiger partial charge >= 0.3 is 0 Å². The van der Waals surface area contributed by atoms with Crippen LogP contribution in [0.25, 0.3) is 0 Å². The molecule has 16 heavy (non-hydrogen) atoms. The van der Waals surface area contributed by atoms with E-state index in [4.69, 9.17) is 0 Å². The lowest BCUT2D eigenvalue weighted by Crippen LogP contribution is -2.42. The molecule has 0 aliphatic rings. The molecular weight excluding hydrogens is 194 g/mol. The van der Waals surface area contributed by atoms with Crippen molar-refractivity contribution in [3.05, 3.63) is 48.6 Å². The van der Waals surface area contributed by atoms with Crippen LogP contribution in [0.5, 0.6) is 0 Å². The predicted octanol–water partition coefficient (Wildman–Crippen LogP) is 3.52. The van der Waals surface area contributed by atoms with Gasteiger partial charge in [-0.1, -0.05) is 50.3 Å². The maximum Gasteiger partial charge on any atom is 0.0130 e. The molecule has 0 radical (unpaired) electrons. The van der Waals surface area contributed by atoms with Gasteiger partial charge in [0.25, 0.3) is 0 Å². The molecule has 0 saturated heterocycles. The first-order valence-corrected chi connectivity index (χ1v) is 5.99. The number of rotatable bonds is 6. The fourth-order valence-corrected chi connectivity index (χ4v) is 1.77. The second-order valence-corrected chi connectivity index (χ2v) is 4.84. The normalized spacial score (nSPS) is 13.4. The van der Waals surface area contributed by atoms with Gasteiger partial charge in [-0.3, -0.25) is 0 Å². The molecule has 1 heteroatoms. The second-order valence-electron chi connectivity index (χ2n) is 4.84. The molecule has 1 rings (SSSR count). The molecule has 0 unspecified atom stereocenters. The van der Waals surface area contributed by atoms with Crippen molar-refractivity contribution in [2.24, 2.45) is 0 Å². The van der Waals surface area contributed by atoms with Crippen LogP contribution in [0.1, 0.15) is 32.8 Å². The Hall–Kier alpha value is -1.08. The van der Waals surface area contributed by atoms with E-state index in [0.717, 1.165) is 13.0 Å². The molecule has 0 fully saturated rings. The van der Waals surface area contributed by atoms with Crippen LogP contribution < -0.4 is 5.32 Å². The Morgan fingerprint density at radius 3 is 2.50 bits per heavy atom. The van der Waals surface area contributed by atoms with Gasteiger partial charge in [-0.15, -0.1) is 6.58 Å². The lowest BCUT2D eigenvalue weighted by Gasteiger charge is -2.33. The highest BCUT2D eigenvalue weighted by Gasteiger charge is 2.26. The van der Waals surface area contributed by atoms with Crippen LogP contribution in [0.2, 0.25) is 0 Å². The third kappa shape index (κ3) is 3.21. The van der Waals surface area contributed by atoms with E-state index < -0.39 is 0 Å². The second kappa shape index (κ2) is 5.86. The van der Waals surface area contributed by atoms with Crippen LogP contribution in [0.4, 0.5) is 0 Å². The fraction of sp³-hybridized carbons (Fsp3) is 0.467. The highest BCUT2D eigenvalue weighted by molar-refractivity contribution is 5.25. The maximum absolute atomic E-state index is 3.74. The van der Waals surface area contributed by atoms with E-state index in [1.807, 2.05) is 6.08 Å². The van der Waals surface area contributed by atoms with E-state index in [2.05, 4.69) is 63.0 Å². The molecule has 1 N–H and O–H groups in total. The van der Waals surface area contributed by atoms with E-state index >= 15 is 0 Å². The summed E-state index contributed by atoms with van der Waals surface area (Å²) in [5.74, 6) is 0. The van der Waals surface area contributed by atoms with Crippen LogP contribution >= 0.6 is 0 Å². The third-order valence-corrected chi connectivity index (χ3v) is 3.40. The highest BCUT2D eigenvalue weighted by atomic mass is 14.9. The average Bonchev–Trinajstić information content (AvgIpc) is 2.30. The molecule has 0 aromatic heterocycles. The molecule has 0 bridgehead atoms. The molecular formula is C15H23N. The quantitative estimate of drug-likeness (QED) is 0.568. The Bertz CT molecular complexity index is 313. The predicted molar refractivity (Wildman–Crippen MR) is 71.7 cm³/mol. The van der Waals surface area contributed by atoms with Gasteiger partial charge in [0.1, 0.15) is 0 Å². The maximum atomic E-state index is 3.74. The largest absolute Gasteiger partial charge is 0.313 e. The Kier molecular flexibility index (Phi) is 4.75. The summed E-state index contributed by atoms with van der Waals surface area (Å²) < 4.78 is 0. The Morgan fingerprint density at radius 2 is 1.94 bits per heavy atom. The number of nitrogens with one attached hydrogen (secondary N) is 1. The minimum Gasteiger partial charge on any atom is -0.313 e. The SMILES string of the molecule is C=CCCN[C@@H](C)C(C)(C)c1ccccc1. The van der Waals surface area contributed by atoms with Crippen molar-refractivity contribution in [1.29, 1.82) is 0 Å². The summed E-state index contributed by atoms with van der Waals surface area (Å²) >= 11 is 0. The smallest absolute Gasteiger partial charge is 0.0130 e. The van der Waals surface area contributed by atoms with E-state index in [1.54, 1.807) is 0 Å². The van der Waals surface area contributed by atoms with E-state index in [9.17, 15) is 0 Å². The molecule has 0 heterocycles. The summed E-state index contributed by atoms with van der Waals surface area (Å²) in [6.07, 6.45) is 2.98. The first kappa shape index (κ1) is 13.0. The Morgan fingerprint density at radius 1 is 1.31 bits per heavy atom. The zero-order valence-electron chi connectivity index (χ0n) is 10.7. The van der Waals surface area contributed by atoms with Gasteiger partial charge in [-0.2, -0.15) is 0 Å². The summed E-state index contributed by atoms with van der Waals surface area (Å²) in [7, 11) is 0. The lowest BCUT2D eigenvalue weighted by atomic mass is 9.78. The van der Waals surface area contributed by atoms with Crippen molar-refractivity contribution in [3.63, 3.8) is 0 Å². The zero-order chi connectivity index (χ0) is 12.0. The number of hydrogen-bond donors (Lipinski definition) is 1. The molecule has 0 aliphatic heterocycles. The number of hydrogen-bond acceptors (Lipinski definition) is 1. The van der Waals surface area contributed by atoms with Gasteiger partial charge < -0.3 is 5.32 Å². The summed E-state index contributed by atoms with van der Waals surface area (Å²) in [4.78, 5) is 0. The molecule has 1 aromatic carbocycles. The average molecular weight is 217 g/mol. The van der Waals surface area contributed by atoms with E-state index in [0.29, 0.717) is 6.04 Å². The zero-order valence-corrected chi connectivity index (χ0v) is 10.7. The first-order valence-electron chi connectivity index (χ1n) is 5.99. The molecule has 1 nitrogen and oxygen atoms in total. The molecule has 0 spiro atoms. The van der Waals surface area contributed by atoms with Gasteiger partial charge in [-0.25, -0.2) is 0 Å². The lowest BCUT2D eigenvalue weighted by molar-refractivity contribution is 0.365. The van der Waals surface area contributed by atoms with E-state index in [-0.39, 0.29) is 5.41 Å². The van der Waals surface area contributed by atoms with Gasteiger partial charge in [0.15, 0.2) is 0 Å². The van der Waals surface area contributed by atoms with Crippen molar-refractivity contribution >= 4 is 0 Å². The molecule has 1 aromatic rings. The topological polar surface area (TPSA) is 12.0 Å². The third-order valence-electron chi connectivity index (χ3n) is 3.40. The summed E-state index contributed by atoms with van der Waals surface area (Å²) in [6.45, 7) is 11.6. The summed E-state index contributed by atoms with van der Waals surface area (Å²) in [6, 6.07) is 11.1. The van der Waals surface area contributed by atoms with Crippen molar-refractivity contribution < 1.29 is 0 Å². The van der Waals surface area contributed by atoms with Crippen LogP contribution in [0.15, 0.2) is 43.0 Å². The molecule has 0 aliphatic carbocycles. The minimum absolute atomic E-state index is 0.155. The summed E-state index contributed by atoms with van der Waals surface area (Å²) in [5.41, 5.74) is 1.54. The monoisotopic (exact) mass is 217 g/mol. The molecule has 0 amide bonds.